The molecule has 8 heteroatoms. The van der Waals surface area contributed by atoms with Gasteiger partial charge in [-0.25, -0.2) is 9.37 Å². The number of nitrogens with one attached hydrogen (secondary N) is 2. The SMILES string of the molecule is CN(C)[C@@H](CNC(=O)CSc1n[nH]c(-c2ccccc2F)n1)c1ccccc1. The Morgan fingerprint density at radius 2 is 1.89 bits per heavy atom. The topological polar surface area (TPSA) is 73.9 Å². The monoisotopic (exact) mass is 399 g/mol. The van der Waals surface area contributed by atoms with Crippen LogP contribution in [0.4, 0.5) is 4.39 Å². The second-order valence-electron chi connectivity index (χ2n) is 6.43. The van der Waals surface area contributed by atoms with E-state index in [1.54, 1.807) is 18.2 Å². The number of carbonyl (C=O) groups is 1. The molecule has 1 heterocycles. The Bertz CT molecular complexity index is 916. The summed E-state index contributed by atoms with van der Waals surface area (Å²) in [6, 6.07) is 16.5. The van der Waals surface area contributed by atoms with Gasteiger partial charge in [-0.2, -0.15) is 0 Å². The summed E-state index contributed by atoms with van der Waals surface area (Å²) in [5.41, 5.74) is 1.49. The lowest BCUT2D eigenvalue weighted by Crippen LogP contribution is -2.35. The van der Waals surface area contributed by atoms with E-state index in [0.29, 0.717) is 23.1 Å². The van der Waals surface area contributed by atoms with Crippen LogP contribution in [0.1, 0.15) is 11.6 Å². The first-order valence-corrected chi connectivity index (χ1v) is 9.81. The highest BCUT2D eigenvalue weighted by Crippen LogP contribution is 2.21. The molecule has 3 aromatic rings. The van der Waals surface area contributed by atoms with Gasteiger partial charge in [-0.05, 0) is 31.8 Å². The van der Waals surface area contributed by atoms with E-state index in [0.717, 1.165) is 5.56 Å². The fraction of sp³-hybridized carbons (Fsp3) is 0.250. The van der Waals surface area contributed by atoms with Crippen molar-refractivity contribution in [2.24, 2.45) is 0 Å². The van der Waals surface area contributed by atoms with Crippen molar-refractivity contribution in [3.8, 4) is 11.4 Å². The van der Waals surface area contributed by atoms with Crippen LogP contribution in [0, 0.1) is 5.82 Å². The highest BCUT2D eigenvalue weighted by atomic mass is 32.2. The number of nitrogens with zero attached hydrogens (tertiary/aromatic N) is 3. The van der Waals surface area contributed by atoms with Gasteiger partial charge < -0.3 is 10.2 Å². The first-order valence-electron chi connectivity index (χ1n) is 8.83. The Labute approximate surface area is 167 Å². The molecule has 0 fully saturated rings. The highest BCUT2D eigenvalue weighted by Gasteiger charge is 2.16. The second kappa shape index (κ2) is 9.48. The van der Waals surface area contributed by atoms with E-state index in [1.165, 1.54) is 17.8 Å². The van der Waals surface area contributed by atoms with Crippen molar-refractivity contribution >= 4 is 17.7 Å². The number of rotatable bonds is 8. The lowest BCUT2D eigenvalue weighted by atomic mass is 10.1. The van der Waals surface area contributed by atoms with Crippen molar-refractivity contribution in [1.29, 1.82) is 0 Å². The molecule has 1 atom stereocenters. The van der Waals surface area contributed by atoms with Crippen LogP contribution < -0.4 is 5.32 Å². The van der Waals surface area contributed by atoms with Crippen LogP contribution in [-0.2, 0) is 4.79 Å². The highest BCUT2D eigenvalue weighted by molar-refractivity contribution is 7.99. The zero-order chi connectivity index (χ0) is 19.9. The Morgan fingerprint density at radius 1 is 1.18 bits per heavy atom. The molecule has 0 radical (unpaired) electrons. The van der Waals surface area contributed by atoms with E-state index < -0.39 is 0 Å². The van der Waals surface area contributed by atoms with Crippen LogP contribution in [0.15, 0.2) is 59.8 Å². The number of halogens is 1. The Kier molecular flexibility index (Phi) is 6.78. The van der Waals surface area contributed by atoms with E-state index >= 15 is 0 Å². The van der Waals surface area contributed by atoms with Crippen LogP contribution in [0.25, 0.3) is 11.4 Å². The molecule has 0 bridgehead atoms. The van der Waals surface area contributed by atoms with Crippen LogP contribution in [-0.4, -0.2) is 52.4 Å². The lowest BCUT2D eigenvalue weighted by Gasteiger charge is -2.25. The number of thioether (sulfide) groups is 1. The van der Waals surface area contributed by atoms with Crippen molar-refractivity contribution in [3.63, 3.8) is 0 Å². The first-order chi connectivity index (χ1) is 13.5. The van der Waals surface area contributed by atoms with Gasteiger partial charge in [-0.15, -0.1) is 5.10 Å². The normalized spacial score (nSPS) is 12.1. The molecule has 0 aliphatic rings. The molecule has 0 aliphatic carbocycles. The van der Waals surface area contributed by atoms with E-state index in [-0.39, 0.29) is 23.5 Å². The van der Waals surface area contributed by atoms with Gasteiger partial charge in [0.25, 0.3) is 0 Å². The van der Waals surface area contributed by atoms with E-state index in [4.69, 9.17) is 0 Å². The average Bonchev–Trinajstić information content (AvgIpc) is 3.16. The summed E-state index contributed by atoms with van der Waals surface area (Å²) < 4.78 is 13.8. The summed E-state index contributed by atoms with van der Waals surface area (Å²) in [7, 11) is 3.97. The van der Waals surface area contributed by atoms with Crippen molar-refractivity contribution in [3.05, 3.63) is 66.0 Å². The van der Waals surface area contributed by atoms with Gasteiger partial charge in [0, 0.05) is 6.54 Å². The number of H-pyrrole nitrogens is 1. The molecule has 3 rings (SSSR count). The minimum atomic E-state index is -0.372. The number of aromatic nitrogens is 3. The molecule has 0 saturated carbocycles. The summed E-state index contributed by atoms with van der Waals surface area (Å²) >= 11 is 1.20. The molecule has 2 aromatic carbocycles. The van der Waals surface area contributed by atoms with Crippen molar-refractivity contribution in [1.82, 2.24) is 25.4 Å². The summed E-state index contributed by atoms with van der Waals surface area (Å²) in [5, 5.41) is 10.1. The van der Waals surface area contributed by atoms with Gasteiger partial charge >= 0.3 is 0 Å². The van der Waals surface area contributed by atoms with Crippen molar-refractivity contribution < 1.29 is 9.18 Å². The predicted octanol–water partition coefficient (Wildman–Crippen LogP) is 3.12. The minimum Gasteiger partial charge on any atom is -0.353 e. The van der Waals surface area contributed by atoms with E-state index in [2.05, 4.69) is 25.4 Å². The third-order valence-electron chi connectivity index (χ3n) is 4.23. The number of likely N-dealkylation sites (N-methyl/N-ethyl adjacent to an activating group) is 1. The third-order valence-corrected chi connectivity index (χ3v) is 5.07. The van der Waals surface area contributed by atoms with E-state index in [9.17, 15) is 9.18 Å². The number of amides is 1. The van der Waals surface area contributed by atoms with Crippen molar-refractivity contribution in [2.75, 3.05) is 26.4 Å². The lowest BCUT2D eigenvalue weighted by molar-refractivity contribution is -0.118. The molecular formula is C20H22FN5OS. The second-order valence-corrected chi connectivity index (χ2v) is 7.37. The first kappa shape index (κ1) is 20.0. The van der Waals surface area contributed by atoms with E-state index in [1.807, 2.05) is 44.4 Å². The maximum Gasteiger partial charge on any atom is 0.230 e. The number of aromatic amines is 1. The fourth-order valence-electron chi connectivity index (χ4n) is 2.75. The van der Waals surface area contributed by atoms with Gasteiger partial charge in [0.1, 0.15) is 5.82 Å². The smallest absolute Gasteiger partial charge is 0.230 e. The van der Waals surface area contributed by atoms with Gasteiger partial charge in [0.05, 0.1) is 17.4 Å². The molecule has 28 heavy (non-hydrogen) atoms. The maximum absolute atomic E-state index is 13.8. The molecule has 0 saturated heterocycles. The maximum atomic E-state index is 13.8. The Hall–Kier alpha value is -2.71. The Balaban J connectivity index is 1.53. The molecule has 0 unspecified atom stereocenters. The minimum absolute atomic E-state index is 0.0892. The van der Waals surface area contributed by atoms with Crippen LogP contribution in [0.3, 0.4) is 0 Å². The predicted molar refractivity (Wildman–Crippen MR) is 108 cm³/mol. The largest absolute Gasteiger partial charge is 0.353 e. The zero-order valence-corrected chi connectivity index (χ0v) is 16.5. The van der Waals surface area contributed by atoms with Gasteiger partial charge in [0.15, 0.2) is 5.82 Å². The van der Waals surface area contributed by atoms with Gasteiger partial charge in [-0.1, -0.05) is 54.2 Å². The summed E-state index contributed by atoms with van der Waals surface area (Å²) in [5.74, 6) is 0.0510. The average molecular weight is 399 g/mol. The summed E-state index contributed by atoms with van der Waals surface area (Å²) in [6.07, 6.45) is 0. The fourth-order valence-corrected chi connectivity index (χ4v) is 3.38. The van der Waals surface area contributed by atoms with Crippen molar-refractivity contribution in [2.45, 2.75) is 11.2 Å². The van der Waals surface area contributed by atoms with Gasteiger partial charge in [-0.3, -0.25) is 9.89 Å². The quantitative estimate of drug-likeness (QED) is 0.570. The van der Waals surface area contributed by atoms with Crippen LogP contribution in [0.5, 0.6) is 0 Å². The van der Waals surface area contributed by atoms with Crippen LogP contribution in [0.2, 0.25) is 0 Å². The zero-order valence-electron chi connectivity index (χ0n) is 15.7. The molecule has 146 valence electrons. The standard InChI is InChI=1S/C20H22FN5OS/c1-26(2)17(14-8-4-3-5-9-14)12-22-18(27)13-28-20-23-19(24-25-20)15-10-6-7-11-16(15)21/h3-11,17H,12-13H2,1-2H3,(H,22,27)(H,23,24,25)/t17-/m0/s1. The number of carbonyl (C=O) groups excluding carboxylic acids is 1. The molecular weight excluding hydrogens is 377 g/mol. The molecule has 0 aliphatic heterocycles. The third kappa shape index (κ3) is 5.17. The number of hydrogen-bond acceptors (Lipinski definition) is 5. The molecule has 6 nitrogen and oxygen atoms in total. The number of benzene rings is 2. The molecule has 1 aromatic heterocycles. The molecule has 1 amide bonds. The molecule has 0 spiro atoms. The summed E-state index contributed by atoms with van der Waals surface area (Å²) in [6.45, 7) is 0.505. The number of hydrogen-bond donors (Lipinski definition) is 2. The Morgan fingerprint density at radius 3 is 2.61 bits per heavy atom. The van der Waals surface area contributed by atoms with Crippen LogP contribution >= 0.6 is 11.8 Å². The molecule has 2 N–H and O–H groups in total. The van der Waals surface area contributed by atoms with Gasteiger partial charge in [0.2, 0.25) is 11.1 Å². The summed E-state index contributed by atoms with van der Waals surface area (Å²) in [4.78, 5) is 18.5.